The second-order valence-electron chi connectivity index (χ2n) is 7.11. The van der Waals surface area contributed by atoms with Crippen LogP contribution < -0.4 is 0 Å². The molecule has 2 aromatic heterocycles. The minimum atomic E-state index is -0.198. The smallest absolute Gasteiger partial charge is 0.272 e. The van der Waals surface area contributed by atoms with E-state index in [0.29, 0.717) is 17.3 Å². The summed E-state index contributed by atoms with van der Waals surface area (Å²) in [5, 5.41) is 6.07. The van der Waals surface area contributed by atoms with E-state index in [-0.39, 0.29) is 11.9 Å². The van der Waals surface area contributed by atoms with Crippen molar-refractivity contribution in [2.24, 2.45) is 7.05 Å². The van der Waals surface area contributed by atoms with Crippen LogP contribution in [0.4, 0.5) is 0 Å². The first-order chi connectivity index (χ1) is 13.6. The maximum atomic E-state index is 13.4. The number of halogens is 1. The summed E-state index contributed by atoms with van der Waals surface area (Å²) < 4.78 is 1.63. The molecule has 3 heterocycles. The number of rotatable bonds is 2. The van der Waals surface area contributed by atoms with Gasteiger partial charge in [-0.2, -0.15) is 5.10 Å². The lowest BCUT2D eigenvalue weighted by Gasteiger charge is -2.36. The molecule has 0 saturated heterocycles. The first-order valence-corrected chi connectivity index (χ1v) is 9.65. The maximum Gasteiger partial charge on any atom is 0.272 e. The van der Waals surface area contributed by atoms with Gasteiger partial charge in [0.1, 0.15) is 5.69 Å². The van der Waals surface area contributed by atoms with Gasteiger partial charge < -0.3 is 9.88 Å². The van der Waals surface area contributed by atoms with Crippen molar-refractivity contribution in [3.05, 3.63) is 88.3 Å². The van der Waals surface area contributed by atoms with E-state index in [1.807, 2.05) is 35.2 Å². The predicted octanol–water partition coefficient (Wildman–Crippen LogP) is 4.34. The Balaban J connectivity index is 1.68. The molecule has 0 spiro atoms. The Morgan fingerprint density at radius 1 is 1.14 bits per heavy atom. The highest BCUT2D eigenvalue weighted by Gasteiger charge is 2.35. The molecule has 140 valence electrons. The number of para-hydroxylation sites is 1. The summed E-state index contributed by atoms with van der Waals surface area (Å²) in [6.07, 6.45) is 2.47. The van der Waals surface area contributed by atoms with Crippen LogP contribution in [0.15, 0.2) is 60.8 Å². The average Bonchev–Trinajstić information content (AvgIpc) is 3.30. The van der Waals surface area contributed by atoms with Gasteiger partial charge in [-0.1, -0.05) is 41.9 Å². The summed E-state index contributed by atoms with van der Waals surface area (Å²) >= 11 is 6.12. The maximum absolute atomic E-state index is 13.4. The number of aromatic amines is 1. The van der Waals surface area contributed by atoms with Crippen molar-refractivity contribution in [2.45, 2.75) is 12.5 Å². The summed E-state index contributed by atoms with van der Waals surface area (Å²) in [4.78, 5) is 18.9. The third-order valence-corrected chi connectivity index (χ3v) is 5.77. The van der Waals surface area contributed by atoms with Crippen LogP contribution in [0.5, 0.6) is 0 Å². The summed E-state index contributed by atoms with van der Waals surface area (Å²) in [6.45, 7) is 0.645. The van der Waals surface area contributed by atoms with Crippen molar-refractivity contribution < 1.29 is 4.79 Å². The number of hydrogen-bond donors (Lipinski definition) is 1. The van der Waals surface area contributed by atoms with Crippen LogP contribution in [0, 0.1) is 0 Å². The Labute approximate surface area is 167 Å². The predicted molar refractivity (Wildman–Crippen MR) is 110 cm³/mol. The van der Waals surface area contributed by atoms with Gasteiger partial charge in [0.05, 0.1) is 6.04 Å². The van der Waals surface area contributed by atoms with Gasteiger partial charge in [-0.15, -0.1) is 0 Å². The molecule has 0 bridgehead atoms. The lowest BCUT2D eigenvalue weighted by molar-refractivity contribution is 0.0680. The molecule has 5 nitrogen and oxygen atoms in total. The molecule has 5 rings (SSSR count). The summed E-state index contributed by atoms with van der Waals surface area (Å²) in [5.41, 5.74) is 5.07. The zero-order valence-corrected chi connectivity index (χ0v) is 16.1. The van der Waals surface area contributed by atoms with Crippen LogP contribution in [0.1, 0.15) is 33.4 Å². The molecule has 6 heteroatoms. The van der Waals surface area contributed by atoms with Gasteiger partial charge in [-0.05, 0) is 41.8 Å². The van der Waals surface area contributed by atoms with Crippen molar-refractivity contribution >= 4 is 28.4 Å². The lowest BCUT2D eigenvalue weighted by Crippen LogP contribution is -2.41. The van der Waals surface area contributed by atoms with E-state index in [4.69, 9.17) is 11.6 Å². The second kappa shape index (κ2) is 6.53. The molecule has 28 heavy (non-hydrogen) atoms. The van der Waals surface area contributed by atoms with E-state index in [1.165, 1.54) is 10.9 Å². The number of carbonyl (C=O) groups is 1. The van der Waals surface area contributed by atoms with Crippen LogP contribution in [-0.4, -0.2) is 32.1 Å². The second-order valence-corrected chi connectivity index (χ2v) is 7.54. The highest BCUT2D eigenvalue weighted by Crippen LogP contribution is 2.39. The lowest BCUT2D eigenvalue weighted by atomic mass is 9.92. The van der Waals surface area contributed by atoms with Crippen molar-refractivity contribution in [3.8, 4) is 0 Å². The van der Waals surface area contributed by atoms with E-state index in [9.17, 15) is 4.79 Å². The highest BCUT2D eigenvalue weighted by atomic mass is 35.5. The summed E-state index contributed by atoms with van der Waals surface area (Å²) in [7, 11) is 1.79. The Morgan fingerprint density at radius 3 is 2.68 bits per heavy atom. The minimum absolute atomic E-state index is 0.0238. The molecule has 2 aromatic carbocycles. The van der Waals surface area contributed by atoms with E-state index >= 15 is 0 Å². The zero-order valence-electron chi connectivity index (χ0n) is 15.4. The van der Waals surface area contributed by atoms with Gasteiger partial charge >= 0.3 is 0 Å². The molecule has 0 aliphatic carbocycles. The molecule has 1 atom stereocenters. The van der Waals surface area contributed by atoms with Crippen LogP contribution in [0.25, 0.3) is 10.9 Å². The molecular weight excluding hydrogens is 372 g/mol. The molecule has 1 amide bonds. The molecule has 0 unspecified atom stereocenters. The molecule has 4 aromatic rings. The number of nitrogens with one attached hydrogen (secondary N) is 1. The Morgan fingerprint density at radius 2 is 1.93 bits per heavy atom. The normalized spacial score (nSPS) is 16.4. The number of amides is 1. The summed E-state index contributed by atoms with van der Waals surface area (Å²) in [5.74, 6) is -0.0238. The number of carbonyl (C=O) groups excluding carboxylic acids is 1. The topological polar surface area (TPSA) is 53.9 Å². The molecule has 0 radical (unpaired) electrons. The van der Waals surface area contributed by atoms with Crippen molar-refractivity contribution in [2.75, 3.05) is 6.54 Å². The van der Waals surface area contributed by atoms with Crippen molar-refractivity contribution in [3.63, 3.8) is 0 Å². The van der Waals surface area contributed by atoms with E-state index < -0.39 is 0 Å². The standard InChI is InChI=1S/C22H19ClN4O/c1-26-19(10-12-24-26)22(28)27-13-11-17-16-4-2-3-5-18(16)25-20(17)21(27)14-6-8-15(23)9-7-14/h2-10,12,21,25H,11,13H2,1H3/t21-/m0/s1. The molecule has 1 aliphatic heterocycles. The van der Waals surface area contributed by atoms with Crippen LogP contribution >= 0.6 is 11.6 Å². The number of H-pyrrole nitrogens is 1. The largest absolute Gasteiger partial charge is 0.356 e. The number of aryl methyl sites for hydroxylation is 1. The Bertz CT molecular complexity index is 1170. The first-order valence-electron chi connectivity index (χ1n) is 9.27. The number of aromatic nitrogens is 3. The molecule has 1 N–H and O–H groups in total. The first kappa shape index (κ1) is 17.1. The van der Waals surface area contributed by atoms with Gasteiger partial charge in [0.15, 0.2) is 0 Å². The third-order valence-electron chi connectivity index (χ3n) is 5.52. The molecule has 0 fully saturated rings. The van der Waals surface area contributed by atoms with Crippen molar-refractivity contribution in [1.82, 2.24) is 19.7 Å². The Hall–Kier alpha value is -3.05. The monoisotopic (exact) mass is 390 g/mol. The van der Waals surface area contributed by atoms with Crippen LogP contribution in [0.2, 0.25) is 5.02 Å². The van der Waals surface area contributed by atoms with Gasteiger partial charge in [-0.3, -0.25) is 9.48 Å². The summed E-state index contributed by atoms with van der Waals surface area (Å²) in [6, 6.07) is 17.6. The number of nitrogens with zero attached hydrogens (tertiary/aromatic N) is 3. The fourth-order valence-corrected chi connectivity index (χ4v) is 4.31. The van der Waals surface area contributed by atoms with Gasteiger partial charge in [0.25, 0.3) is 5.91 Å². The van der Waals surface area contributed by atoms with E-state index in [0.717, 1.165) is 23.2 Å². The van der Waals surface area contributed by atoms with E-state index in [2.05, 4.69) is 28.3 Å². The van der Waals surface area contributed by atoms with Gasteiger partial charge in [0, 0.05) is 41.4 Å². The highest BCUT2D eigenvalue weighted by molar-refractivity contribution is 6.30. The quantitative estimate of drug-likeness (QED) is 0.553. The van der Waals surface area contributed by atoms with E-state index in [1.54, 1.807) is 24.0 Å². The molecule has 0 saturated carbocycles. The number of hydrogen-bond acceptors (Lipinski definition) is 2. The number of fused-ring (bicyclic) bond motifs is 3. The Kier molecular flexibility index (Phi) is 3.98. The van der Waals surface area contributed by atoms with Crippen LogP contribution in [0.3, 0.4) is 0 Å². The third kappa shape index (κ3) is 2.62. The SMILES string of the molecule is Cn1nccc1C(=O)N1CCc2c([nH]c3ccccc23)[C@@H]1c1ccc(Cl)cc1. The van der Waals surface area contributed by atoms with Gasteiger partial charge in [0.2, 0.25) is 0 Å². The van der Waals surface area contributed by atoms with Crippen LogP contribution in [-0.2, 0) is 13.5 Å². The fraction of sp³-hybridized carbons (Fsp3) is 0.182. The number of benzene rings is 2. The average molecular weight is 391 g/mol. The molecule has 1 aliphatic rings. The zero-order chi connectivity index (χ0) is 19.3. The van der Waals surface area contributed by atoms with Gasteiger partial charge in [-0.25, -0.2) is 0 Å². The van der Waals surface area contributed by atoms with Crippen molar-refractivity contribution in [1.29, 1.82) is 0 Å². The fourth-order valence-electron chi connectivity index (χ4n) is 4.18. The minimum Gasteiger partial charge on any atom is -0.356 e. The molecular formula is C22H19ClN4O.